The number of amides is 1. The van der Waals surface area contributed by atoms with E-state index in [4.69, 9.17) is 4.74 Å². The van der Waals surface area contributed by atoms with Crippen LogP contribution in [0, 0.1) is 0 Å². The van der Waals surface area contributed by atoms with Crippen molar-refractivity contribution in [2.75, 3.05) is 33.9 Å². The van der Waals surface area contributed by atoms with Crippen LogP contribution in [0.5, 0.6) is 0 Å². The molecule has 3 heterocycles. The van der Waals surface area contributed by atoms with Crippen LogP contribution >= 0.6 is 0 Å². The molecule has 0 unspecified atom stereocenters. The van der Waals surface area contributed by atoms with Crippen molar-refractivity contribution in [1.82, 2.24) is 24.3 Å². The van der Waals surface area contributed by atoms with Crippen molar-refractivity contribution in [2.45, 2.75) is 19.0 Å². The average molecular weight is 343 g/mol. The second kappa shape index (κ2) is 7.76. The minimum Gasteiger partial charge on any atom is -0.371 e. The van der Waals surface area contributed by atoms with Crippen molar-refractivity contribution in [3.05, 3.63) is 47.8 Å². The fraction of sp³-hybridized carbons (Fsp3) is 0.500. The van der Waals surface area contributed by atoms with Gasteiger partial charge in [0.15, 0.2) is 0 Å². The molecule has 7 nitrogen and oxygen atoms in total. The van der Waals surface area contributed by atoms with Gasteiger partial charge in [0, 0.05) is 64.8 Å². The fourth-order valence-electron chi connectivity index (χ4n) is 3.22. The molecule has 0 saturated carbocycles. The van der Waals surface area contributed by atoms with Crippen molar-refractivity contribution in [2.24, 2.45) is 7.05 Å². The molecule has 7 heteroatoms. The Labute approximate surface area is 148 Å². The average Bonchev–Trinajstić information content (AvgIpc) is 2.96. The van der Waals surface area contributed by atoms with Crippen LogP contribution in [0.4, 0.5) is 0 Å². The summed E-state index contributed by atoms with van der Waals surface area (Å²) in [5.41, 5.74) is 3.54. The van der Waals surface area contributed by atoms with Gasteiger partial charge in [0.2, 0.25) is 5.91 Å². The molecule has 1 aliphatic heterocycles. The smallest absolute Gasteiger partial charge is 0.248 e. The van der Waals surface area contributed by atoms with E-state index >= 15 is 0 Å². The Morgan fingerprint density at radius 2 is 2.12 bits per heavy atom. The van der Waals surface area contributed by atoms with Gasteiger partial charge in [0.1, 0.15) is 6.61 Å². The van der Waals surface area contributed by atoms with Crippen LogP contribution in [-0.4, -0.2) is 64.1 Å². The molecule has 25 heavy (non-hydrogen) atoms. The Hall–Kier alpha value is -2.25. The molecule has 0 spiro atoms. The molecule has 0 bridgehead atoms. The number of carbonyl (C=O) groups excluding carboxylic acids is 1. The molecule has 1 atom stereocenters. The lowest BCUT2D eigenvalue weighted by atomic mass is 9.98. The molecule has 0 radical (unpaired) electrons. The van der Waals surface area contributed by atoms with Gasteiger partial charge in [0.25, 0.3) is 0 Å². The summed E-state index contributed by atoms with van der Waals surface area (Å²) in [7, 11) is 5.49. The lowest BCUT2D eigenvalue weighted by molar-refractivity contribution is -0.133. The van der Waals surface area contributed by atoms with Gasteiger partial charge in [-0.25, -0.2) is 4.98 Å². The van der Waals surface area contributed by atoms with E-state index in [-0.39, 0.29) is 18.4 Å². The first-order valence-electron chi connectivity index (χ1n) is 8.44. The van der Waals surface area contributed by atoms with Crippen molar-refractivity contribution >= 4 is 5.91 Å². The molecular formula is C18H25N5O2. The lowest BCUT2D eigenvalue weighted by Gasteiger charge is -2.32. The normalized spacial score (nSPS) is 17.3. The number of fused-ring (bicyclic) bond motifs is 1. The van der Waals surface area contributed by atoms with Crippen molar-refractivity contribution in [1.29, 1.82) is 0 Å². The molecule has 0 saturated heterocycles. The van der Waals surface area contributed by atoms with Crippen LogP contribution in [0.1, 0.15) is 22.9 Å². The quantitative estimate of drug-likeness (QED) is 0.784. The fourth-order valence-corrected chi connectivity index (χ4v) is 3.22. The maximum atomic E-state index is 11.7. The van der Waals surface area contributed by atoms with Crippen LogP contribution in [0.3, 0.4) is 0 Å². The van der Waals surface area contributed by atoms with Crippen molar-refractivity contribution in [3.8, 4) is 0 Å². The zero-order valence-electron chi connectivity index (χ0n) is 15.1. The Balaban J connectivity index is 1.67. The topological polar surface area (TPSA) is 63.5 Å². The highest BCUT2D eigenvalue weighted by Gasteiger charge is 2.29. The first-order valence-corrected chi connectivity index (χ1v) is 8.44. The van der Waals surface area contributed by atoms with Gasteiger partial charge in [-0.2, -0.15) is 0 Å². The second-order valence-corrected chi connectivity index (χ2v) is 6.71. The number of aryl methyl sites for hydroxylation is 1. The first kappa shape index (κ1) is 17.6. The van der Waals surface area contributed by atoms with Crippen LogP contribution in [0.15, 0.2) is 30.9 Å². The van der Waals surface area contributed by atoms with Crippen molar-refractivity contribution < 1.29 is 9.53 Å². The molecule has 2 aromatic rings. The van der Waals surface area contributed by atoms with Crippen LogP contribution in [-0.2, 0) is 29.7 Å². The Morgan fingerprint density at radius 1 is 1.36 bits per heavy atom. The summed E-state index contributed by atoms with van der Waals surface area (Å²) in [5, 5.41) is 0. The third-order valence-electron chi connectivity index (χ3n) is 4.50. The van der Waals surface area contributed by atoms with E-state index in [1.54, 1.807) is 19.0 Å². The van der Waals surface area contributed by atoms with Gasteiger partial charge in [0.05, 0.1) is 18.6 Å². The monoisotopic (exact) mass is 343 g/mol. The maximum absolute atomic E-state index is 11.7. The minimum atomic E-state index is -0.0188. The molecule has 0 aliphatic carbocycles. The van der Waals surface area contributed by atoms with E-state index in [0.29, 0.717) is 6.61 Å². The summed E-state index contributed by atoms with van der Waals surface area (Å²) in [6.45, 7) is 3.18. The molecule has 0 fully saturated rings. The number of rotatable bonds is 6. The van der Waals surface area contributed by atoms with Crippen LogP contribution < -0.4 is 0 Å². The number of likely N-dealkylation sites (N-methyl/N-ethyl adjacent to an activating group) is 1. The molecule has 0 N–H and O–H groups in total. The largest absolute Gasteiger partial charge is 0.371 e. The zero-order valence-corrected chi connectivity index (χ0v) is 15.1. The molecule has 1 aliphatic rings. The number of aromatic nitrogens is 3. The maximum Gasteiger partial charge on any atom is 0.248 e. The standard InChI is InChI=1S/C18H25N5O2/c1-21(2)17(24)12-25-11-15-9-23(8-14-4-6-19-7-5-14)10-16-18(15)22(3)13-20-16/h4-7,13,15H,8-12H2,1-3H3/t15-/m1/s1. The molecule has 3 rings (SSSR count). The summed E-state index contributed by atoms with van der Waals surface area (Å²) in [4.78, 5) is 24.3. The predicted molar refractivity (Wildman–Crippen MR) is 93.8 cm³/mol. The van der Waals surface area contributed by atoms with Crippen LogP contribution in [0.2, 0.25) is 0 Å². The van der Waals surface area contributed by atoms with Gasteiger partial charge < -0.3 is 14.2 Å². The Kier molecular flexibility index (Phi) is 5.45. The van der Waals surface area contributed by atoms with Gasteiger partial charge in [-0.1, -0.05) is 0 Å². The number of hydrogen-bond donors (Lipinski definition) is 0. The second-order valence-electron chi connectivity index (χ2n) is 6.71. The molecule has 1 amide bonds. The van der Waals surface area contributed by atoms with E-state index in [1.165, 1.54) is 11.3 Å². The summed E-state index contributed by atoms with van der Waals surface area (Å²) in [6.07, 6.45) is 5.50. The summed E-state index contributed by atoms with van der Waals surface area (Å²) < 4.78 is 7.78. The lowest BCUT2D eigenvalue weighted by Crippen LogP contribution is -2.36. The predicted octanol–water partition coefficient (Wildman–Crippen LogP) is 1.02. The number of ether oxygens (including phenoxy) is 1. The minimum absolute atomic E-state index is 0.0188. The van der Waals surface area contributed by atoms with Gasteiger partial charge in [-0.15, -0.1) is 0 Å². The van der Waals surface area contributed by atoms with E-state index in [2.05, 4.69) is 19.4 Å². The van der Waals surface area contributed by atoms with E-state index in [0.717, 1.165) is 25.3 Å². The first-order chi connectivity index (χ1) is 12.0. The van der Waals surface area contributed by atoms with Gasteiger partial charge in [-0.3, -0.25) is 14.7 Å². The van der Waals surface area contributed by atoms with E-state index in [9.17, 15) is 4.79 Å². The van der Waals surface area contributed by atoms with Crippen molar-refractivity contribution in [3.63, 3.8) is 0 Å². The van der Waals surface area contributed by atoms with E-state index < -0.39 is 0 Å². The zero-order chi connectivity index (χ0) is 17.8. The van der Waals surface area contributed by atoms with Gasteiger partial charge >= 0.3 is 0 Å². The Bertz CT molecular complexity index is 714. The summed E-state index contributed by atoms with van der Waals surface area (Å²) in [5.74, 6) is 0.183. The Morgan fingerprint density at radius 3 is 2.84 bits per heavy atom. The molecule has 0 aromatic carbocycles. The molecule has 2 aromatic heterocycles. The molecular weight excluding hydrogens is 318 g/mol. The third-order valence-corrected chi connectivity index (χ3v) is 4.50. The number of pyridine rings is 1. The highest BCUT2D eigenvalue weighted by Crippen LogP contribution is 2.28. The SMILES string of the molecule is CN(C)C(=O)COC[C@H]1CN(Cc2ccncc2)Cc2ncn(C)c21. The number of imidazole rings is 1. The van der Waals surface area contributed by atoms with Gasteiger partial charge in [-0.05, 0) is 17.7 Å². The van der Waals surface area contributed by atoms with Crippen LogP contribution in [0.25, 0.3) is 0 Å². The number of carbonyl (C=O) groups is 1. The molecule has 134 valence electrons. The summed E-state index contributed by atoms with van der Waals surface area (Å²) in [6, 6.07) is 4.07. The third kappa shape index (κ3) is 4.24. The highest BCUT2D eigenvalue weighted by molar-refractivity contribution is 5.76. The highest BCUT2D eigenvalue weighted by atomic mass is 16.5. The van der Waals surface area contributed by atoms with E-state index in [1.807, 2.05) is 37.9 Å². The number of nitrogens with zero attached hydrogens (tertiary/aromatic N) is 5. The number of hydrogen-bond acceptors (Lipinski definition) is 5. The summed E-state index contributed by atoms with van der Waals surface area (Å²) >= 11 is 0.